The Morgan fingerprint density at radius 1 is 1.47 bits per heavy atom. The fourth-order valence-corrected chi connectivity index (χ4v) is 1.07. The van der Waals surface area contributed by atoms with Crippen LogP contribution in [-0.4, -0.2) is 24.5 Å². The first-order valence-corrected chi connectivity index (χ1v) is 4.78. The van der Waals surface area contributed by atoms with E-state index in [1.165, 1.54) is 0 Å². The number of rotatable bonds is 5. The first-order valence-electron chi connectivity index (χ1n) is 4.78. The molecule has 15 heavy (non-hydrogen) atoms. The van der Waals surface area contributed by atoms with E-state index < -0.39 is 0 Å². The SMILES string of the molecule is C=C(CCNC)NC(=O)c1ccncc1. The maximum Gasteiger partial charge on any atom is 0.255 e. The van der Waals surface area contributed by atoms with Gasteiger partial charge in [-0.05, 0) is 25.6 Å². The maximum atomic E-state index is 11.6. The molecule has 0 aromatic carbocycles. The number of nitrogens with one attached hydrogen (secondary N) is 2. The van der Waals surface area contributed by atoms with Crippen LogP contribution >= 0.6 is 0 Å². The lowest BCUT2D eigenvalue weighted by atomic mass is 10.2. The second-order valence-electron chi connectivity index (χ2n) is 3.15. The van der Waals surface area contributed by atoms with Gasteiger partial charge in [-0.25, -0.2) is 0 Å². The molecule has 0 fully saturated rings. The van der Waals surface area contributed by atoms with Crippen molar-refractivity contribution >= 4 is 5.91 Å². The normalized spacial score (nSPS) is 9.67. The smallest absolute Gasteiger partial charge is 0.255 e. The van der Waals surface area contributed by atoms with Gasteiger partial charge in [0.15, 0.2) is 0 Å². The number of pyridine rings is 1. The van der Waals surface area contributed by atoms with Crippen molar-refractivity contribution in [2.24, 2.45) is 0 Å². The summed E-state index contributed by atoms with van der Waals surface area (Å²) in [6.45, 7) is 4.57. The lowest BCUT2D eigenvalue weighted by Gasteiger charge is -2.07. The second kappa shape index (κ2) is 5.93. The van der Waals surface area contributed by atoms with E-state index >= 15 is 0 Å². The molecular formula is C11H15N3O. The average molecular weight is 205 g/mol. The largest absolute Gasteiger partial charge is 0.326 e. The highest BCUT2D eigenvalue weighted by molar-refractivity contribution is 5.95. The van der Waals surface area contributed by atoms with Crippen molar-refractivity contribution in [2.75, 3.05) is 13.6 Å². The van der Waals surface area contributed by atoms with Gasteiger partial charge in [-0.1, -0.05) is 6.58 Å². The van der Waals surface area contributed by atoms with Gasteiger partial charge in [-0.3, -0.25) is 9.78 Å². The predicted octanol–water partition coefficient (Wildman–Crippen LogP) is 0.935. The molecule has 0 spiro atoms. The van der Waals surface area contributed by atoms with Crippen molar-refractivity contribution in [2.45, 2.75) is 6.42 Å². The van der Waals surface area contributed by atoms with Crippen LogP contribution in [-0.2, 0) is 0 Å². The third-order valence-corrected chi connectivity index (χ3v) is 1.91. The van der Waals surface area contributed by atoms with Gasteiger partial charge in [-0.2, -0.15) is 0 Å². The van der Waals surface area contributed by atoms with E-state index in [1.807, 2.05) is 7.05 Å². The zero-order chi connectivity index (χ0) is 11.1. The molecule has 1 aromatic rings. The van der Waals surface area contributed by atoms with Crippen molar-refractivity contribution in [3.05, 3.63) is 42.4 Å². The van der Waals surface area contributed by atoms with Gasteiger partial charge in [0.1, 0.15) is 0 Å². The number of hydrogen-bond donors (Lipinski definition) is 2. The Balaban J connectivity index is 2.46. The molecule has 2 N–H and O–H groups in total. The first kappa shape index (κ1) is 11.4. The molecule has 4 nitrogen and oxygen atoms in total. The van der Waals surface area contributed by atoms with Crippen LogP contribution in [0.5, 0.6) is 0 Å². The molecular weight excluding hydrogens is 190 g/mol. The summed E-state index contributed by atoms with van der Waals surface area (Å²) in [5.41, 5.74) is 1.31. The van der Waals surface area contributed by atoms with Crippen LogP contribution in [0.4, 0.5) is 0 Å². The first-order chi connectivity index (χ1) is 7.24. The van der Waals surface area contributed by atoms with E-state index in [9.17, 15) is 4.79 Å². The molecule has 0 saturated heterocycles. The average Bonchev–Trinajstić information content (AvgIpc) is 2.27. The van der Waals surface area contributed by atoms with Crippen LogP contribution in [0.15, 0.2) is 36.8 Å². The van der Waals surface area contributed by atoms with Crippen LogP contribution in [0.2, 0.25) is 0 Å². The molecule has 0 radical (unpaired) electrons. The minimum absolute atomic E-state index is 0.140. The molecule has 0 aliphatic carbocycles. The lowest BCUT2D eigenvalue weighted by Crippen LogP contribution is -2.24. The van der Waals surface area contributed by atoms with Crippen LogP contribution < -0.4 is 10.6 Å². The van der Waals surface area contributed by atoms with E-state index in [0.29, 0.717) is 11.3 Å². The summed E-state index contributed by atoms with van der Waals surface area (Å²) in [6, 6.07) is 3.33. The van der Waals surface area contributed by atoms with Crippen molar-refractivity contribution in [3.8, 4) is 0 Å². The summed E-state index contributed by atoms with van der Waals surface area (Å²) < 4.78 is 0. The molecule has 0 unspecified atom stereocenters. The molecule has 0 bridgehead atoms. The Morgan fingerprint density at radius 2 is 2.13 bits per heavy atom. The quantitative estimate of drug-likeness (QED) is 0.752. The van der Waals surface area contributed by atoms with E-state index in [2.05, 4.69) is 22.2 Å². The fourth-order valence-electron chi connectivity index (χ4n) is 1.07. The summed E-state index contributed by atoms with van der Waals surface area (Å²) in [5, 5.41) is 5.72. The van der Waals surface area contributed by atoms with E-state index in [4.69, 9.17) is 0 Å². The Labute approximate surface area is 89.4 Å². The molecule has 80 valence electrons. The molecule has 1 heterocycles. The summed E-state index contributed by atoms with van der Waals surface area (Å²) in [7, 11) is 1.86. The molecule has 0 atom stereocenters. The summed E-state index contributed by atoms with van der Waals surface area (Å²) in [4.78, 5) is 15.4. The van der Waals surface area contributed by atoms with Crippen LogP contribution in [0.3, 0.4) is 0 Å². The predicted molar refractivity (Wildman–Crippen MR) is 59.4 cm³/mol. The monoisotopic (exact) mass is 205 g/mol. The molecule has 0 saturated carbocycles. The topological polar surface area (TPSA) is 54.0 Å². The highest BCUT2D eigenvalue weighted by Gasteiger charge is 2.04. The minimum Gasteiger partial charge on any atom is -0.326 e. The maximum absolute atomic E-state index is 11.6. The summed E-state index contributed by atoms with van der Waals surface area (Å²) >= 11 is 0. The van der Waals surface area contributed by atoms with Gasteiger partial charge in [0.05, 0.1) is 0 Å². The number of amides is 1. The zero-order valence-corrected chi connectivity index (χ0v) is 8.79. The Bertz CT molecular complexity index is 335. The molecule has 1 aromatic heterocycles. The van der Waals surface area contributed by atoms with Gasteiger partial charge in [0.2, 0.25) is 0 Å². The minimum atomic E-state index is -0.140. The van der Waals surface area contributed by atoms with Crippen LogP contribution in [0, 0.1) is 0 Å². The second-order valence-corrected chi connectivity index (χ2v) is 3.15. The number of carbonyl (C=O) groups excluding carboxylic acids is 1. The van der Waals surface area contributed by atoms with E-state index in [1.54, 1.807) is 24.5 Å². The molecule has 0 aliphatic heterocycles. The highest BCUT2D eigenvalue weighted by atomic mass is 16.1. The van der Waals surface area contributed by atoms with Crippen molar-refractivity contribution < 1.29 is 4.79 Å². The third-order valence-electron chi connectivity index (χ3n) is 1.91. The number of carbonyl (C=O) groups is 1. The van der Waals surface area contributed by atoms with Crippen molar-refractivity contribution in [3.63, 3.8) is 0 Å². The molecule has 4 heteroatoms. The van der Waals surface area contributed by atoms with Crippen LogP contribution in [0.1, 0.15) is 16.8 Å². The van der Waals surface area contributed by atoms with Gasteiger partial charge in [-0.15, -0.1) is 0 Å². The lowest BCUT2D eigenvalue weighted by molar-refractivity contribution is 0.0964. The molecule has 0 aliphatic rings. The van der Waals surface area contributed by atoms with Gasteiger partial charge in [0.25, 0.3) is 5.91 Å². The van der Waals surface area contributed by atoms with E-state index in [-0.39, 0.29) is 5.91 Å². The third kappa shape index (κ3) is 3.91. The Kier molecular flexibility index (Phi) is 4.50. The molecule has 1 rings (SSSR count). The number of nitrogens with zero attached hydrogens (tertiary/aromatic N) is 1. The zero-order valence-electron chi connectivity index (χ0n) is 8.79. The van der Waals surface area contributed by atoms with Gasteiger partial charge >= 0.3 is 0 Å². The highest BCUT2D eigenvalue weighted by Crippen LogP contribution is 1.99. The Hall–Kier alpha value is -1.68. The standard InChI is InChI=1S/C11H15N3O/c1-9(3-6-12-2)14-11(15)10-4-7-13-8-5-10/h4-5,7-8,12H,1,3,6H2,2H3,(H,14,15). The number of hydrogen-bond acceptors (Lipinski definition) is 3. The van der Waals surface area contributed by atoms with Crippen LogP contribution in [0.25, 0.3) is 0 Å². The van der Waals surface area contributed by atoms with Gasteiger partial charge < -0.3 is 10.6 Å². The van der Waals surface area contributed by atoms with Crippen molar-refractivity contribution in [1.29, 1.82) is 0 Å². The van der Waals surface area contributed by atoms with E-state index in [0.717, 1.165) is 13.0 Å². The van der Waals surface area contributed by atoms with Gasteiger partial charge in [0, 0.05) is 30.2 Å². The summed E-state index contributed by atoms with van der Waals surface area (Å²) in [5.74, 6) is -0.140. The fraction of sp³-hybridized carbons (Fsp3) is 0.273. The number of aromatic nitrogens is 1. The Morgan fingerprint density at radius 3 is 2.73 bits per heavy atom. The molecule has 1 amide bonds. The summed E-state index contributed by atoms with van der Waals surface area (Å²) in [6.07, 6.45) is 3.91. The van der Waals surface area contributed by atoms with Crippen molar-refractivity contribution in [1.82, 2.24) is 15.6 Å².